The molecule has 1 amide bonds. The number of amides is 1. The van der Waals surface area contributed by atoms with Crippen molar-refractivity contribution in [2.75, 3.05) is 19.6 Å². The van der Waals surface area contributed by atoms with Crippen molar-refractivity contribution in [2.45, 2.75) is 12.6 Å². The fourth-order valence-corrected chi connectivity index (χ4v) is 3.25. The van der Waals surface area contributed by atoms with Crippen molar-refractivity contribution in [3.63, 3.8) is 0 Å². The van der Waals surface area contributed by atoms with E-state index < -0.39 is 6.23 Å². The van der Waals surface area contributed by atoms with Gasteiger partial charge in [-0.3, -0.25) is 4.79 Å². The minimum Gasteiger partial charge on any atom is -0.678 e. The van der Waals surface area contributed by atoms with Gasteiger partial charge in [-0.1, -0.05) is 30.3 Å². The molecule has 0 spiro atoms. The molecule has 1 atom stereocenters. The van der Waals surface area contributed by atoms with Crippen molar-refractivity contribution in [1.82, 2.24) is 10.2 Å². The van der Waals surface area contributed by atoms with Crippen LogP contribution in [0.3, 0.4) is 0 Å². The van der Waals surface area contributed by atoms with Gasteiger partial charge in [-0.25, -0.2) is 4.39 Å². The number of nitrogens with one attached hydrogen (secondary N) is 1. The molecule has 7 heteroatoms. The van der Waals surface area contributed by atoms with Crippen LogP contribution >= 0.6 is 11.6 Å². The number of rotatable bonds is 2. The van der Waals surface area contributed by atoms with Crippen LogP contribution in [-0.4, -0.2) is 36.7 Å². The molecule has 0 radical (unpaired) electrons. The van der Waals surface area contributed by atoms with Crippen LogP contribution in [0, 0.1) is 0 Å². The first-order valence-corrected chi connectivity index (χ1v) is 8.42. The maximum Gasteiger partial charge on any atom is 0.254 e. The summed E-state index contributed by atoms with van der Waals surface area (Å²) in [7, 11) is 0. The highest BCUT2D eigenvalue weighted by Gasteiger charge is 2.31. The van der Waals surface area contributed by atoms with Crippen LogP contribution in [0.2, 0.25) is 5.02 Å². The predicted octanol–water partition coefficient (Wildman–Crippen LogP) is 3.47. The smallest absolute Gasteiger partial charge is 0.254 e. The maximum absolute atomic E-state index is 13.1. The van der Waals surface area contributed by atoms with Crippen molar-refractivity contribution in [2.24, 2.45) is 0 Å². The van der Waals surface area contributed by atoms with E-state index in [9.17, 15) is 9.18 Å². The second kappa shape index (κ2) is 6.44. The van der Waals surface area contributed by atoms with Crippen LogP contribution in [0.25, 0.3) is 5.32 Å². The second-order valence-electron chi connectivity index (χ2n) is 6.05. The van der Waals surface area contributed by atoms with E-state index in [2.05, 4.69) is 10.6 Å². The molecule has 5 nitrogen and oxygen atoms in total. The number of carbonyl (C=O) groups is 1. The monoisotopic (exact) mass is 360 g/mol. The lowest BCUT2D eigenvalue weighted by molar-refractivity contribution is 0.0750. The van der Waals surface area contributed by atoms with E-state index in [0.29, 0.717) is 35.8 Å². The van der Waals surface area contributed by atoms with Crippen molar-refractivity contribution < 1.29 is 13.9 Å². The summed E-state index contributed by atoms with van der Waals surface area (Å²) in [5.74, 6) is 0.509. The zero-order valence-electron chi connectivity index (χ0n) is 13.3. The van der Waals surface area contributed by atoms with E-state index >= 15 is 0 Å². The minimum atomic E-state index is -0.421. The zero-order chi connectivity index (χ0) is 17.4. The number of nitrogens with zero attached hydrogens (tertiary/aromatic N) is 2. The summed E-state index contributed by atoms with van der Waals surface area (Å²) in [6.07, 6.45) is 3.22. The molecule has 0 aromatic heterocycles. The summed E-state index contributed by atoms with van der Waals surface area (Å²) < 4.78 is 19.0. The maximum atomic E-state index is 13.1. The molecular weight excluding hydrogens is 345 g/mol. The van der Waals surface area contributed by atoms with Crippen molar-refractivity contribution in [1.29, 1.82) is 0 Å². The lowest BCUT2D eigenvalue weighted by atomic mass is 10.1. The van der Waals surface area contributed by atoms with E-state index in [1.54, 1.807) is 35.2 Å². The number of ether oxygens (including phenoxy) is 1. The molecule has 0 saturated carbocycles. The number of hydrogen-bond donors (Lipinski definition) is 1. The molecule has 0 bridgehead atoms. The van der Waals surface area contributed by atoms with E-state index in [1.807, 2.05) is 0 Å². The summed E-state index contributed by atoms with van der Waals surface area (Å²) in [6, 6.07) is 6.93. The summed E-state index contributed by atoms with van der Waals surface area (Å²) in [6.45, 7) is 1.05. The van der Waals surface area contributed by atoms with Gasteiger partial charge in [0.2, 0.25) is 0 Å². The first-order chi connectivity index (χ1) is 12.1. The van der Waals surface area contributed by atoms with Crippen molar-refractivity contribution in [3.8, 4) is 0 Å². The van der Waals surface area contributed by atoms with Crippen LogP contribution in [0.5, 0.6) is 0 Å². The number of halogens is 2. The van der Waals surface area contributed by atoms with Gasteiger partial charge >= 0.3 is 0 Å². The predicted molar refractivity (Wildman–Crippen MR) is 92.5 cm³/mol. The van der Waals surface area contributed by atoms with Gasteiger partial charge in [0.25, 0.3) is 5.91 Å². The normalized spacial score (nSPS) is 22.3. The van der Waals surface area contributed by atoms with Gasteiger partial charge in [0.05, 0.1) is 18.1 Å². The first kappa shape index (κ1) is 16.0. The molecule has 25 heavy (non-hydrogen) atoms. The Balaban J connectivity index is 1.44. The first-order valence-electron chi connectivity index (χ1n) is 8.04. The van der Waals surface area contributed by atoms with Gasteiger partial charge in [0.1, 0.15) is 5.76 Å². The Morgan fingerprint density at radius 3 is 3.04 bits per heavy atom. The second-order valence-corrected chi connectivity index (χ2v) is 6.49. The molecule has 1 aromatic rings. The Bertz CT molecular complexity index is 818. The highest BCUT2D eigenvalue weighted by molar-refractivity contribution is 6.30. The summed E-state index contributed by atoms with van der Waals surface area (Å²) in [4.78, 5) is 14.4. The Morgan fingerprint density at radius 2 is 2.28 bits per heavy atom. The molecule has 3 aliphatic heterocycles. The lowest BCUT2D eigenvalue weighted by Gasteiger charge is -2.31. The van der Waals surface area contributed by atoms with Gasteiger partial charge < -0.3 is 20.3 Å². The van der Waals surface area contributed by atoms with Gasteiger partial charge in [0, 0.05) is 23.6 Å². The molecule has 4 rings (SSSR count). The number of benzene rings is 1. The number of carbonyl (C=O) groups excluding carboxylic acids is 1. The quantitative estimate of drug-likeness (QED) is 0.878. The highest BCUT2D eigenvalue weighted by atomic mass is 35.5. The van der Waals surface area contributed by atoms with Gasteiger partial charge in [0.15, 0.2) is 6.23 Å². The third-order valence-corrected chi connectivity index (χ3v) is 4.57. The fraction of sp³-hybridized carbons (Fsp3) is 0.278. The van der Waals surface area contributed by atoms with E-state index in [-0.39, 0.29) is 18.3 Å². The number of allylic oxidation sites excluding steroid dienone is 2. The Hall–Kier alpha value is -2.47. The van der Waals surface area contributed by atoms with E-state index in [4.69, 9.17) is 16.3 Å². The molecule has 0 fully saturated rings. The summed E-state index contributed by atoms with van der Waals surface area (Å²) >= 11 is 5.97. The SMILES string of the molecule is O=C(c1cccc(Cl)c1)N1CCC2=C(C1)NC(C1=CC=C(F)C[N-]1)O2. The van der Waals surface area contributed by atoms with E-state index in [1.165, 1.54) is 6.08 Å². The molecule has 0 aliphatic carbocycles. The standard InChI is InChI=1S/C18H16ClFN3O2/c19-12-3-1-2-11(8-12)18(24)23-7-6-16-15(10-23)22-17(25-16)14-5-4-13(20)9-21-14/h1-5,8,17,22H,6-7,9-10H2/q-1. The molecule has 0 saturated heterocycles. The molecular formula is C18H16ClFN3O2-. The van der Waals surface area contributed by atoms with Crippen molar-refractivity contribution in [3.05, 3.63) is 75.3 Å². The van der Waals surface area contributed by atoms with Crippen LogP contribution in [0.1, 0.15) is 16.8 Å². The topological polar surface area (TPSA) is 55.7 Å². The minimum absolute atomic E-state index is 0.0391. The molecule has 1 N–H and O–H groups in total. The third-order valence-electron chi connectivity index (χ3n) is 4.33. The van der Waals surface area contributed by atoms with Crippen LogP contribution in [0.15, 0.2) is 59.4 Å². The molecule has 1 unspecified atom stereocenters. The average molecular weight is 361 g/mol. The summed E-state index contributed by atoms with van der Waals surface area (Å²) in [5.41, 5.74) is 2.10. The molecule has 130 valence electrons. The van der Waals surface area contributed by atoms with Gasteiger partial charge in [-0.15, -0.1) is 5.70 Å². The highest BCUT2D eigenvalue weighted by Crippen LogP contribution is 2.31. The van der Waals surface area contributed by atoms with Crippen LogP contribution in [0.4, 0.5) is 4.39 Å². The largest absolute Gasteiger partial charge is 0.678 e. The number of hydrogen-bond acceptors (Lipinski definition) is 3. The fourth-order valence-electron chi connectivity index (χ4n) is 3.06. The third kappa shape index (κ3) is 3.22. The molecule has 1 aromatic carbocycles. The Morgan fingerprint density at radius 1 is 1.40 bits per heavy atom. The molecule has 3 aliphatic rings. The molecule has 3 heterocycles. The van der Waals surface area contributed by atoms with Gasteiger partial charge in [-0.2, -0.15) is 0 Å². The average Bonchev–Trinajstić information content (AvgIpc) is 3.05. The van der Waals surface area contributed by atoms with Crippen molar-refractivity contribution >= 4 is 17.5 Å². The Kier molecular flexibility index (Phi) is 4.13. The van der Waals surface area contributed by atoms with Crippen LogP contribution in [-0.2, 0) is 4.74 Å². The van der Waals surface area contributed by atoms with E-state index in [0.717, 1.165) is 11.5 Å². The Labute approximate surface area is 149 Å². The zero-order valence-corrected chi connectivity index (χ0v) is 14.1. The van der Waals surface area contributed by atoms with Gasteiger partial charge in [-0.05, 0) is 24.3 Å². The lowest BCUT2D eigenvalue weighted by Crippen LogP contribution is -2.39. The van der Waals surface area contributed by atoms with Crippen LogP contribution < -0.4 is 5.32 Å². The summed E-state index contributed by atoms with van der Waals surface area (Å²) in [5, 5.41) is 7.96.